The molecule has 0 aliphatic heterocycles. The van der Waals surface area contributed by atoms with E-state index in [2.05, 4.69) is 17.5 Å². The van der Waals surface area contributed by atoms with Crippen LogP contribution < -0.4 is 5.43 Å². The quantitative estimate of drug-likeness (QED) is 0.296. The van der Waals surface area contributed by atoms with Gasteiger partial charge < -0.3 is 0 Å². The molecule has 3 nitrogen and oxygen atoms in total. The van der Waals surface area contributed by atoms with Gasteiger partial charge >= 0.3 is 0 Å². The van der Waals surface area contributed by atoms with Gasteiger partial charge in [-0.15, -0.1) is 0 Å². The normalized spacial score (nSPS) is 11.1. The van der Waals surface area contributed by atoms with Gasteiger partial charge in [0, 0.05) is 6.42 Å². The molecule has 0 aliphatic carbocycles. The van der Waals surface area contributed by atoms with Crippen molar-refractivity contribution < 1.29 is 4.79 Å². The van der Waals surface area contributed by atoms with Crippen molar-refractivity contribution in [3.8, 4) is 0 Å². The average molecular weight is 357 g/mol. The number of unbranched alkanes of at least 4 members (excludes halogenated alkanes) is 7. The molecule has 128 valence electrons. The summed E-state index contributed by atoms with van der Waals surface area (Å²) in [5.41, 5.74) is 3.34. The van der Waals surface area contributed by atoms with Crippen molar-refractivity contribution in [3.63, 3.8) is 0 Å². The molecular weight excluding hydrogens is 331 g/mol. The summed E-state index contributed by atoms with van der Waals surface area (Å²) in [7, 11) is 0. The number of halogens is 2. The summed E-state index contributed by atoms with van der Waals surface area (Å²) in [6.07, 6.45) is 11.9. The zero-order chi connectivity index (χ0) is 16.9. The highest BCUT2D eigenvalue weighted by atomic mass is 35.5. The van der Waals surface area contributed by atoms with E-state index in [0.717, 1.165) is 18.4 Å². The molecule has 1 aromatic rings. The van der Waals surface area contributed by atoms with Gasteiger partial charge in [-0.25, -0.2) is 5.43 Å². The monoisotopic (exact) mass is 356 g/mol. The van der Waals surface area contributed by atoms with E-state index in [1.807, 2.05) is 0 Å². The molecule has 0 fully saturated rings. The Kier molecular flexibility index (Phi) is 10.8. The summed E-state index contributed by atoms with van der Waals surface area (Å²) < 4.78 is 0. The largest absolute Gasteiger partial charge is 0.273 e. The third-order valence-electron chi connectivity index (χ3n) is 3.60. The van der Waals surface area contributed by atoms with Crippen LogP contribution >= 0.6 is 23.2 Å². The van der Waals surface area contributed by atoms with Crippen LogP contribution in [0.1, 0.15) is 70.3 Å². The van der Waals surface area contributed by atoms with Crippen LogP contribution in [0.25, 0.3) is 0 Å². The first-order chi connectivity index (χ1) is 11.1. The van der Waals surface area contributed by atoms with E-state index >= 15 is 0 Å². The predicted octanol–water partition coefficient (Wildman–Crippen LogP) is 5.97. The maximum atomic E-state index is 11.7. The molecule has 1 rings (SSSR count). The van der Waals surface area contributed by atoms with Crippen LogP contribution in [0.2, 0.25) is 10.0 Å². The van der Waals surface area contributed by atoms with Crippen molar-refractivity contribution in [2.75, 3.05) is 0 Å². The lowest BCUT2D eigenvalue weighted by Crippen LogP contribution is -2.16. The minimum Gasteiger partial charge on any atom is -0.273 e. The molecule has 0 bridgehead atoms. The second-order valence-corrected chi connectivity index (χ2v) is 6.51. The number of hydrogen-bond acceptors (Lipinski definition) is 2. The van der Waals surface area contributed by atoms with E-state index in [9.17, 15) is 4.79 Å². The van der Waals surface area contributed by atoms with Gasteiger partial charge in [0.25, 0.3) is 0 Å². The molecule has 0 radical (unpaired) electrons. The maximum absolute atomic E-state index is 11.7. The third-order valence-corrected chi connectivity index (χ3v) is 4.34. The van der Waals surface area contributed by atoms with Crippen LogP contribution in [-0.2, 0) is 4.79 Å². The molecule has 1 aromatic carbocycles. The zero-order valence-corrected chi connectivity index (χ0v) is 15.3. The smallest absolute Gasteiger partial charge is 0.240 e. The van der Waals surface area contributed by atoms with Crippen molar-refractivity contribution in [1.29, 1.82) is 0 Å². The zero-order valence-electron chi connectivity index (χ0n) is 13.8. The molecule has 23 heavy (non-hydrogen) atoms. The SMILES string of the molecule is CCCCCCCCCCC(=O)NN=Cc1ccc(Cl)c(Cl)c1. The molecule has 0 saturated heterocycles. The van der Waals surface area contributed by atoms with E-state index in [-0.39, 0.29) is 5.91 Å². The molecule has 0 heterocycles. The van der Waals surface area contributed by atoms with Crippen LogP contribution in [-0.4, -0.2) is 12.1 Å². The van der Waals surface area contributed by atoms with Crippen molar-refractivity contribution in [2.24, 2.45) is 5.10 Å². The van der Waals surface area contributed by atoms with Crippen LogP contribution in [0.5, 0.6) is 0 Å². The molecule has 0 spiro atoms. The first kappa shape index (κ1) is 20.0. The number of carbonyl (C=O) groups excluding carboxylic acids is 1. The third kappa shape index (κ3) is 9.62. The number of carbonyl (C=O) groups is 1. The van der Waals surface area contributed by atoms with Crippen molar-refractivity contribution in [1.82, 2.24) is 5.43 Å². The van der Waals surface area contributed by atoms with E-state index in [1.54, 1.807) is 24.4 Å². The Morgan fingerprint density at radius 2 is 1.70 bits per heavy atom. The summed E-state index contributed by atoms with van der Waals surface area (Å²) in [5, 5.41) is 4.91. The molecule has 1 N–H and O–H groups in total. The first-order valence-corrected chi connectivity index (χ1v) is 9.16. The molecular formula is C18H26Cl2N2O. The minimum absolute atomic E-state index is 0.0488. The Morgan fingerprint density at radius 3 is 2.35 bits per heavy atom. The standard InChI is InChI=1S/C18H26Cl2N2O/c1-2-3-4-5-6-7-8-9-10-18(23)22-21-14-15-11-12-16(19)17(20)13-15/h11-14H,2-10H2,1H3,(H,22,23). The van der Waals surface area contributed by atoms with Gasteiger partial charge in [-0.05, 0) is 24.1 Å². The lowest BCUT2D eigenvalue weighted by molar-refractivity contribution is -0.121. The lowest BCUT2D eigenvalue weighted by atomic mass is 10.1. The summed E-state index contributed by atoms with van der Waals surface area (Å²) in [4.78, 5) is 11.7. The van der Waals surface area contributed by atoms with Gasteiger partial charge in [-0.2, -0.15) is 5.10 Å². The highest BCUT2D eigenvalue weighted by Gasteiger charge is 2.00. The van der Waals surface area contributed by atoms with Gasteiger partial charge in [0.05, 0.1) is 16.3 Å². The van der Waals surface area contributed by atoms with Crippen LogP contribution in [0, 0.1) is 0 Å². The van der Waals surface area contributed by atoms with E-state index in [1.165, 1.54) is 38.5 Å². The topological polar surface area (TPSA) is 41.5 Å². The highest BCUT2D eigenvalue weighted by molar-refractivity contribution is 6.42. The van der Waals surface area contributed by atoms with Gasteiger partial charge in [-0.1, -0.05) is 81.1 Å². The number of benzene rings is 1. The predicted molar refractivity (Wildman–Crippen MR) is 99.4 cm³/mol. The Labute approximate surface area is 149 Å². The van der Waals surface area contributed by atoms with Crippen molar-refractivity contribution in [3.05, 3.63) is 33.8 Å². The molecule has 1 amide bonds. The van der Waals surface area contributed by atoms with Crippen molar-refractivity contribution >= 4 is 35.3 Å². The number of hydrogen-bond donors (Lipinski definition) is 1. The second kappa shape index (κ2) is 12.4. The maximum Gasteiger partial charge on any atom is 0.240 e. The highest BCUT2D eigenvalue weighted by Crippen LogP contribution is 2.21. The summed E-state index contributed by atoms with van der Waals surface area (Å²) in [6, 6.07) is 5.20. The number of hydrazone groups is 1. The second-order valence-electron chi connectivity index (χ2n) is 5.69. The number of amides is 1. The fraction of sp³-hybridized carbons (Fsp3) is 0.556. The molecule has 0 unspecified atom stereocenters. The molecule has 0 aliphatic rings. The van der Waals surface area contributed by atoms with Gasteiger partial charge in [0.1, 0.15) is 0 Å². The molecule has 0 saturated carbocycles. The molecule has 5 heteroatoms. The van der Waals surface area contributed by atoms with Crippen LogP contribution in [0.4, 0.5) is 0 Å². The Morgan fingerprint density at radius 1 is 1.04 bits per heavy atom. The van der Waals surface area contributed by atoms with Gasteiger partial charge in [0.2, 0.25) is 5.91 Å². The number of nitrogens with zero attached hydrogens (tertiary/aromatic N) is 1. The Balaban J connectivity index is 2.10. The van der Waals surface area contributed by atoms with Crippen molar-refractivity contribution in [2.45, 2.75) is 64.7 Å². The average Bonchev–Trinajstić information content (AvgIpc) is 2.53. The van der Waals surface area contributed by atoms with Gasteiger partial charge in [-0.3, -0.25) is 4.79 Å². The number of nitrogens with one attached hydrogen (secondary N) is 1. The number of rotatable bonds is 11. The summed E-state index contributed by atoms with van der Waals surface area (Å²) in [5.74, 6) is -0.0488. The molecule has 0 aromatic heterocycles. The van der Waals surface area contributed by atoms with E-state index < -0.39 is 0 Å². The van der Waals surface area contributed by atoms with Crippen LogP contribution in [0.3, 0.4) is 0 Å². The lowest BCUT2D eigenvalue weighted by Gasteiger charge is -2.02. The Hall–Kier alpha value is -1.06. The Bertz CT molecular complexity index is 504. The minimum atomic E-state index is -0.0488. The fourth-order valence-corrected chi connectivity index (χ4v) is 2.55. The molecule has 0 atom stereocenters. The summed E-state index contributed by atoms with van der Waals surface area (Å²) in [6.45, 7) is 2.22. The first-order valence-electron chi connectivity index (χ1n) is 8.40. The van der Waals surface area contributed by atoms with E-state index in [0.29, 0.717) is 16.5 Å². The van der Waals surface area contributed by atoms with Crippen LogP contribution in [0.15, 0.2) is 23.3 Å². The fourth-order valence-electron chi connectivity index (χ4n) is 2.25. The van der Waals surface area contributed by atoms with Gasteiger partial charge in [0.15, 0.2) is 0 Å². The summed E-state index contributed by atoms with van der Waals surface area (Å²) >= 11 is 11.7. The van der Waals surface area contributed by atoms with E-state index in [4.69, 9.17) is 23.2 Å².